The molecule has 3 nitrogen and oxygen atoms in total. The maximum atomic E-state index is 6.06. The van der Waals surface area contributed by atoms with E-state index in [1.54, 1.807) is 7.11 Å². The van der Waals surface area contributed by atoms with Crippen LogP contribution in [0.2, 0.25) is 0 Å². The van der Waals surface area contributed by atoms with Gasteiger partial charge in [-0.25, -0.2) is 0 Å². The third-order valence-electron chi connectivity index (χ3n) is 3.58. The quantitative estimate of drug-likeness (QED) is 0.639. The summed E-state index contributed by atoms with van der Waals surface area (Å²) in [6, 6.07) is 8.08. The summed E-state index contributed by atoms with van der Waals surface area (Å²) in [5, 5.41) is 2.36. The fourth-order valence-corrected chi connectivity index (χ4v) is 2.54. The Bertz CT molecular complexity index is 756. The van der Waals surface area contributed by atoms with Crippen LogP contribution in [0.5, 0.6) is 5.75 Å². The van der Waals surface area contributed by atoms with Crippen LogP contribution in [0, 0.1) is 13.8 Å². The Balaban J connectivity index is 2.54. The molecule has 0 aliphatic rings. The van der Waals surface area contributed by atoms with Crippen LogP contribution in [0.15, 0.2) is 24.3 Å². The highest BCUT2D eigenvalue weighted by Gasteiger charge is 2.11. The second-order valence-corrected chi connectivity index (χ2v) is 4.69. The highest BCUT2D eigenvalue weighted by Crippen LogP contribution is 2.34. The second kappa shape index (κ2) is 3.67. The van der Waals surface area contributed by atoms with Crippen LogP contribution >= 0.6 is 0 Å². The maximum absolute atomic E-state index is 6.06. The molecule has 0 bridgehead atoms. The van der Waals surface area contributed by atoms with Crippen LogP contribution in [0.3, 0.4) is 0 Å². The third-order valence-corrected chi connectivity index (χ3v) is 3.58. The van der Waals surface area contributed by atoms with Gasteiger partial charge < -0.3 is 15.5 Å². The first kappa shape index (κ1) is 11.0. The summed E-state index contributed by atoms with van der Waals surface area (Å²) in [6.07, 6.45) is 0. The van der Waals surface area contributed by atoms with Gasteiger partial charge in [-0.1, -0.05) is 0 Å². The predicted molar refractivity (Wildman–Crippen MR) is 76.2 cm³/mol. The van der Waals surface area contributed by atoms with Crippen molar-refractivity contribution in [2.75, 3.05) is 12.8 Å². The molecule has 0 unspecified atom stereocenters. The van der Waals surface area contributed by atoms with Crippen molar-refractivity contribution in [2.45, 2.75) is 13.8 Å². The lowest BCUT2D eigenvalue weighted by molar-refractivity contribution is 0.415. The standard InChI is InChI=1S/C15H16N2O/c1-8-6-12(16)9(2)14-11-7-10(18-3)4-5-13(11)17-15(8)14/h4-7,17H,16H2,1-3H3. The molecule has 0 aliphatic heterocycles. The zero-order valence-electron chi connectivity index (χ0n) is 10.8. The average molecular weight is 240 g/mol. The summed E-state index contributed by atoms with van der Waals surface area (Å²) >= 11 is 0. The van der Waals surface area contributed by atoms with E-state index in [9.17, 15) is 0 Å². The molecule has 0 atom stereocenters. The van der Waals surface area contributed by atoms with Crippen LogP contribution in [0.25, 0.3) is 21.8 Å². The van der Waals surface area contributed by atoms with Gasteiger partial charge >= 0.3 is 0 Å². The molecule has 0 amide bonds. The number of aryl methyl sites for hydroxylation is 2. The smallest absolute Gasteiger partial charge is 0.119 e. The lowest BCUT2D eigenvalue weighted by atomic mass is 10.0. The summed E-state index contributed by atoms with van der Waals surface area (Å²) in [7, 11) is 1.68. The van der Waals surface area contributed by atoms with E-state index < -0.39 is 0 Å². The fraction of sp³-hybridized carbons (Fsp3) is 0.200. The minimum Gasteiger partial charge on any atom is -0.497 e. The van der Waals surface area contributed by atoms with Crippen molar-refractivity contribution in [3.05, 3.63) is 35.4 Å². The molecule has 3 aromatic rings. The Labute approximate surface area is 106 Å². The first-order chi connectivity index (χ1) is 8.61. The number of benzene rings is 2. The predicted octanol–water partition coefficient (Wildman–Crippen LogP) is 3.53. The number of aromatic amines is 1. The number of fused-ring (bicyclic) bond motifs is 3. The molecule has 0 saturated heterocycles. The molecule has 3 N–H and O–H groups in total. The summed E-state index contributed by atoms with van der Waals surface area (Å²) in [4.78, 5) is 3.45. The van der Waals surface area contributed by atoms with E-state index in [2.05, 4.69) is 24.9 Å². The van der Waals surface area contributed by atoms with Gasteiger partial charge in [0.15, 0.2) is 0 Å². The Hall–Kier alpha value is -2.16. The zero-order valence-corrected chi connectivity index (χ0v) is 10.8. The summed E-state index contributed by atoms with van der Waals surface area (Å²) in [5.41, 5.74) is 11.5. The van der Waals surface area contributed by atoms with Gasteiger partial charge in [0.1, 0.15) is 5.75 Å². The van der Waals surface area contributed by atoms with E-state index in [1.165, 1.54) is 10.9 Å². The topological polar surface area (TPSA) is 51.0 Å². The Morgan fingerprint density at radius 2 is 1.94 bits per heavy atom. The van der Waals surface area contributed by atoms with Crippen LogP contribution in [-0.4, -0.2) is 12.1 Å². The van der Waals surface area contributed by atoms with Crippen molar-refractivity contribution in [3.63, 3.8) is 0 Å². The molecule has 3 rings (SSSR count). The van der Waals surface area contributed by atoms with Crippen molar-refractivity contribution in [2.24, 2.45) is 0 Å². The third kappa shape index (κ3) is 1.37. The van der Waals surface area contributed by atoms with Gasteiger partial charge in [-0.2, -0.15) is 0 Å². The van der Waals surface area contributed by atoms with Crippen molar-refractivity contribution in [1.29, 1.82) is 0 Å². The number of nitrogens with one attached hydrogen (secondary N) is 1. The van der Waals surface area contributed by atoms with Gasteiger partial charge in [0, 0.05) is 27.5 Å². The van der Waals surface area contributed by atoms with E-state index in [0.29, 0.717) is 0 Å². The maximum Gasteiger partial charge on any atom is 0.119 e. The lowest BCUT2D eigenvalue weighted by Gasteiger charge is -2.05. The number of methoxy groups -OCH3 is 1. The number of hydrogen-bond acceptors (Lipinski definition) is 2. The summed E-state index contributed by atoms with van der Waals surface area (Å²) < 4.78 is 5.30. The van der Waals surface area contributed by atoms with E-state index >= 15 is 0 Å². The molecule has 1 heterocycles. The number of nitrogens with two attached hydrogens (primary N) is 1. The van der Waals surface area contributed by atoms with Crippen LogP contribution in [0.1, 0.15) is 11.1 Å². The monoisotopic (exact) mass is 240 g/mol. The van der Waals surface area contributed by atoms with Crippen molar-refractivity contribution >= 4 is 27.5 Å². The largest absolute Gasteiger partial charge is 0.497 e. The molecule has 0 spiro atoms. The molecular formula is C15H16N2O. The molecule has 3 heteroatoms. The Morgan fingerprint density at radius 3 is 2.67 bits per heavy atom. The minimum atomic E-state index is 0.837. The van der Waals surface area contributed by atoms with Crippen molar-refractivity contribution in [1.82, 2.24) is 4.98 Å². The molecule has 1 aromatic heterocycles. The molecule has 0 saturated carbocycles. The molecule has 0 aliphatic carbocycles. The Morgan fingerprint density at radius 1 is 1.17 bits per heavy atom. The molecule has 2 aromatic carbocycles. The van der Waals surface area contributed by atoms with Gasteiger partial charge in [-0.15, -0.1) is 0 Å². The number of H-pyrrole nitrogens is 1. The van der Waals surface area contributed by atoms with E-state index in [1.807, 2.05) is 18.2 Å². The second-order valence-electron chi connectivity index (χ2n) is 4.69. The van der Waals surface area contributed by atoms with E-state index in [4.69, 9.17) is 10.5 Å². The minimum absolute atomic E-state index is 0.837. The number of aromatic nitrogens is 1. The molecular weight excluding hydrogens is 224 g/mol. The molecule has 18 heavy (non-hydrogen) atoms. The van der Waals surface area contributed by atoms with Gasteiger partial charge in [0.05, 0.1) is 7.11 Å². The van der Waals surface area contributed by atoms with Crippen LogP contribution in [0.4, 0.5) is 5.69 Å². The zero-order chi connectivity index (χ0) is 12.9. The SMILES string of the molecule is COc1ccc2[nH]c3c(C)cc(N)c(C)c3c2c1. The van der Waals surface area contributed by atoms with Crippen molar-refractivity contribution in [3.8, 4) is 5.75 Å². The van der Waals surface area contributed by atoms with Gasteiger partial charge in [0.2, 0.25) is 0 Å². The molecule has 92 valence electrons. The molecule has 0 fully saturated rings. The fourth-order valence-electron chi connectivity index (χ4n) is 2.54. The van der Waals surface area contributed by atoms with E-state index in [-0.39, 0.29) is 0 Å². The number of ether oxygens (including phenoxy) is 1. The van der Waals surface area contributed by atoms with Gasteiger partial charge in [-0.3, -0.25) is 0 Å². The van der Waals surface area contributed by atoms with Gasteiger partial charge in [-0.05, 0) is 49.2 Å². The normalized spacial score (nSPS) is 11.3. The highest BCUT2D eigenvalue weighted by molar-refractivity contribution is 6.11. The van der Waals surface area contributed by atoms with Crippen LogP contribution < -0.4 is 10.5 Å². The number of nitrogen functional groups attached to an aromatic ring is 1. The first-order valence-corrected chi connectivity index (χ1v) is 5.97. The highest BCUT2D eigenvalue weighted by atomic mass is 16.5. The number of hydrogen-bond donors (Lipinski definition) is 2. The van der Waals surface area contributed by atoms with Crippen molar-refractivity contribution < 1.29 is 4.74 Å². The molecule has 0 radical (unpaired) electrons. The Kier molecular flexibility index (Phi) is 2.23. The van der Waals surface area contributed by atoms with Gasteiger partial charge in [0.25, 0.3) is 0 Å². The van der Waals surface area contributed by atoms with E-state index in [0.717, 1.165) is 33.4 Å². The average Bonchev–Trinajstić information content (AvgIpc) is 2.75. The summed E-state index contributed by atoms with van der Waals surface area (Å²) in [6.45, 7) is 4.13. The number of rotatable bonds is 1. The lowest BCUT2D eigenvalue weighted by Crippen LogP contribution is -1.91. The first-order valence-electron chi connectivity index (χ1n) is 5.97. The van der Waals surface area contributed by atoms with Crippen LogP contribution in [-0.2, 0) is 0 Å². The number of anilines is 1. The summed E-state index contributed by atoms with van der Waals surface area (Å²) in [5.74, 6) is 0.864.